The molecular formula is C9H13F3N4O2. The van der Waals surface area contributed by atoms with Crippen molar-refractivity contribution in [2.75, 3.05) is 25.4 Å². The number of carbonyl (C=O) groups is 1. The molecule has 0 radical (unpaired) electrons. The van der Waals surface area contributed by atoms with Crippen LogP contribution in [0, 0.1) is 0 Å². The largest absolute Gasteiger partial charge is 0.406 e. The average molecular weight is 266 g/mol. The maximum atomic E-state index is 12.2. The van der Waals surface area contributed by atoms with Crippen LogP contribution in [-0.4, -0.2) is 51.6 Å². The lowest BCUT2D eigenvalue weighted by Gasteiger charge is -2.22. The minimum absolute atomic E-state index is 0.312. The number of anilines is 1. The summed E-state index contributed by atoms with van der Waals surface area (Å²) in [5.74, 6) is -0.788. The summed E-state index contributed by atoms with van der Waals surface area (Å²) < 4.78 is 37.8. The highest BCUT2D eigenvalue weighted by atomic mass is 19.4. The number of alkyl halides is 3. The van der Waals surface area contributed by atoms with Crippen LogP contribution in [0.2, 0.25) is 0 Å². The maximum absolute atomic E-state index is 12.2. The topological polar surface area (TPSA) is 84.4 Å². The molecule has 9 heteroatoms. The van der Waals surface area contributed by atoms with Gasteiger partial charge in [0.25, 0.3) is 0 Å². The van der Waals surface area contributed by atoms with Crippen molar-refractivity contribution >= 4 is 11.6 Å². The van der Waals surface area contributed by atoms with Crippen molar-refractivity contribution in [2.45, 2.75) is 12.7 Å². The fourth-order valence-corrected chi connectivity index (χ4v) is 1.33. The predicted octanol–water partition coefficient (Wildman–Crippen LogP) is -0.152. The zero-order chi connectivity index (χ0) is 13.8. The molecule has 0 unspecified atom stereocenters. The Morgan fingerprint density at radius 3 is 2.67 bits per heavy atom. The molecule has 1 rings (SSSR count). The molecule has 18 heavy (non-hydrogen) atoms. The molecule has 6 nitrogen and oxygen atoms in total. The fraction of sp³-hybridized carbons (Fsp3) is 0.556. The number of amides is 1. The van der Waals surface area contributed by atoms with Gasteiger partial charge in [-0.25, -0.2) is 0 Å². The van der Waals surface area contributed by atoms with E-state index in [2.05, 4.69) is 5.10 Å². The molecule has 0 aliphatic carbocycles. The number of halogens is 3. The molecule has 0 bridgehead atoms. The number of rotatable bonds is 5. The van der Waals surface area contributed by atoms with Gasteiger partial charge >= 0.3 is 6.18 Å². The third kappa shape index (κ3) is 4.62. The second-order valence-electron chi connectivity index (χ2n) is 3.63. The van der Waals surface area contributed by atoms with Gasteiger partial charge in [0.2, 0.25) is 5.91 Å². The zero-order valence-corrected chi connectivity index (χ0v) is 9.39. The second kappa shape index (κ2) is 5.71. The lowest BCUT2D eigenvalue weighted by Crippen LogP contribution is -2.42. The molecule has 3 N–H and O–H groups in total. The number of hydrogen-bond donors (Lipinski definition) is 2. The normalized spacial score (nSPS) is 11.6. The van der Waals surface area contributed by atoms with Crippen LogP contribution in [0.5, 0.6) is 0 Å². The number of hydrogen-bond acceptors (Lipinski definition) is 4. The lowest BCUT2D eigenvalue weighted by atomic mass is 10.4. The molecule has 0 fully saturated rings. The number of nitrogens with zero attached hydrogens (tertiary/aromatic N) is 3. The highest BCUT2D eigenvalue weighted by molar-refractivity contribution is 5.76. The van der Waals surface area contributed by atoms with Crippen molar-refractivity contribution in [1.29, 1.82) is 0 Å². The van der Waals surface area contributed by atoms with Gasteiger partial charge in [-0.1, -0.05) is 0 Å². The van der Waals surface area contributed by atoms with E-state index in [0.29, 0.717) is 10.6 Å². The van der Waals surface area contributed by atoms with Gasteiger partial charge < -0.3 is 15.7 Å². The van der Waals surface area contributed by atoms with E-state index < -0.39 is 25.2 Å². The van der Waals surface area contributed by atoms with Gasteiger partial charge in [0.1, 0.15) is 13.1 Å². The third-order valence-electron chi connectivity index (χ3n) is 2.04. The quantitative estimate of drug-likeness (QED) is 0.776. The van der Waals surface area contributed by atoms with Crippen molar-refractivity contribution in [3.63, 3.8) is 0 Å². The zero-order valence-electron chi connectivity index (χ0n) is 9.39. The molecule has 0 aliphatic rings. The van der Waals surface area contributed by atoms with Crippen LogP contribution in [0.3, 0.4) is 0 Å². The first-order valence-electron chi connectivity index (χ1n) is 5.05. The van der Waals surface area contributed by atoms with E-state index in [1.54, 1.807) is 0 Å². The molecule has 1 heterocycles. The molecule has 0 atom stereocenters. The summed E-state index contributed by atoms with van der Waals surface area (Å²) in [5, 5.41) is 12.3. The molecule has 102 valence electrons. The SMILES string of the molecule is Nc1cnn(CC(=O)N(CCO)CC(F)(F)F)c1. The Hall–Kier alpha value is -1.77. The van der Waals surface area contributed by atoms with Crippen molar-refractivity contribution in [1.82, 2.24) is 14.7 Å². The van der Waals surface area contributed by atoms with Crippen LogP contribution in [0.15, 0.2) is 12.4 Å². The smallest absolute Gasteiger partial charge is 0.396 e. The van der Waals surface area contributed by atoms with E-state index in [-0.39, 0.29) is 13.1 Å². The number of nitrogens with two attached hydrogens (primary N) is 1. The molecular weight excluding hydrogens is 253 g/mol. The minimum Gasteiger partial charge on any atom is -0.396 e. The number of aliphatic hydroxyl groups excluding tert-OH is 1. The number of aromatic nitrogens is 2. The minimum atomic E-state index is -4.51. The second-order valence-corrected chi connectivity index (χ2v) is 3.63. The van der Waals surface area contributed by atoms with E-state index in [1.165, 1.54) is 12.4 Å². The highest BCUT2D eigenvalue weighted by Gasteiger charge is 2.32. The van der Waals surface area contributed by atoms with Crippen molar-refractivity contribution < 1.29 is 23.1 Å². The summed E-state index contributed by atoms with van der Waals surface area (Å²) in [6.45, 7) is -2.67. The third-order valence-corrected chi connectivity index (χ3v) is 2.04. The Morgan fingerprint density at radius 1 is 1.56 bits per heavy atom. The van der Waals surface area contributed by atoms with Crippen LogP contribution < -0.4 is 5.73 Å². The summed E-state index contributed by atoms with van der Waals surface area (Å²) in [6, 6.07) is 0. The molecule has 0 aromatic carbocycles. The van der Waals surface area contributed by atoms with E-state index in [0.717, 1.165) is 4.68 Å². The van der Waals surface area contributed by atoms with E-state index in [1.807, 2.05) is 0 Å². The van der Waals surface area contributed by atoms with Gasteiger partial charge in [-0.2, -0.15) is 18.3 Å². The Morgan fingerprint density at radius 2 is 2.22 bits per heavy atom. The van der Waals surface area contributed by atoms with E-state index in [4.69, 9.17) is 10.8 Å². The van der Waals surface area contributed by atoms with Crippen molar-refractivity contribution in [3.8, 4) is 0 Å². The number of nitrogen functional groups attached to an aromatic ring is 1. The summed E-state index contributed by atoms with van der Waals surface area (Å²) in [6.07, 6.45) is -1.88. The lowest BCUT2D eigenvalue weighted by molar-refractivity contribution is -0.162. The monoisotopic (exact) mass is 266 g/mol. The molecule has 0 aliphatic heterocycles. The first-order valence-corrected chi connectivity index (χ1v) is 5.05. The Balaban J connectivity index is 2.64. The van der Waals surface area contributed by atoms with Gasteiger partial charge in [0.05, 0.1) is 18.5 Å². The van der Waals surface area contributed by atoms with Crippen LogP contribution in [0.4, 0.5) is 18.9 Å². The fourth-order valence-electron chi connectivity index (χ4n) is 1.33. The summed E-state index contributed by atoms with van der Waals surface area (Å²) in [7, 11) is 0. The van der Waals surface area contributed by atoms with Gasteiger partial charge in [-0.3, -0.25) is 9.48 Å². The van der Waals surface area contributed by atoms with Crippen molar-refractivity contribution in [2.24, 2.45) is 0 Å². The summed E-state index contributed by atoms with van der Waals surface area (Å²) in [5.41, 5.74) is 5.67. The van der Waals surface area contributed by atoms with Crippen LogP contribution >= 0.6 is 0 Å². The molecule has 1 aromatic heterocycles. The van der Waals surface area contributed by atoms with Gasteiger partial charge in [0, 0.05) is 12.7 Å². The first kappa shape index (κ1) is 14.3. The van der Waals surface area contributed by atoms with E-state index >= 15 is 0 Å². The first-order chi connectivity index (χ1) is 8.31. The molecule has 0 saturated carbocycles. The molecule has 0 saturated heterocycles. The van der Waals surface area contributed by atoms with Crippen LogP contribution in [0.1, 0.15) is 0 Å². The van der Waals surface area contributed by atoms with Gasteiger partial charge in [0.15, 0.2) is 0 Å². The van der Waals surface area contributed by atoms with Crippen molar-refractivity contribution in [3.05, 3.63) is 12.4 Å². The molecule has 0 spiro atoms. The number of aliphatic hydroxyl groups is 1. The average Bonchev–Trinajstić information content (AvgIpc) is 2.61. The van der Waals surface area contributed by atoms with Gasteiger partial charge in [-0.15, -0.1) is 0 Å². The van der Waals surface area contributed by atoms with Crippen LogP contribution in [-0.2, 0) is 11.3 Å². The molecule has 1 aromatic rings. The van der Waals surface area contributed by atoms with Crippen LogP contribution in [0.25, 0.3) is 0 Å². The summed E-state index contributed by atoms with van der Waals surface area (Å²) >= 11 is 0. The Kier molecular flexibility index (Phi) is 4.54. The molecule has 1 amide bonds. The maximum Gasteiger partial charge on any atom is 0.406 e. The highest BCUT2D eigenvalue weighted by Crippen LogP contribution is 2.16. The standard InChI is InChI=1S/C9H13F3N4O2/c10-9(11,12)6-15(1-2-17)8(18)5-16-4-7(13)3-14-16/h3-4,17H,1-2,5-6,13H2. The van der Waals surface area contributed by atoms with E-state index in [9.17, 15) is 18.0 Å². The Bertz CT molecular complexity index is 405. The Labute approximate surface area is 101 Å². The summed E-state index contributed by atoms with van der Waals surface area (Å²) in [4.78, 5) is 12.1. The van der Waals surface area contributed by atoms with Gasteiger partial charge in [-0.05, 0) is 0 Å². The predicted molar refractivity (Wildman–Crippen MR) is 56.4 cm³/mol. The number of carbonyl (C=O) groups excluding carboxylic acids is 1.